The molecule has 24 nitrogen and oxygen atoms in total. The number of aromatic nitrogens is 2. The Morgan fingerprint density at radius 2 is 0.798 bits per heavy atom. The first kappa shape index (κ1) is 75.2. The largest absolute Gasteiger partial charge is 0.393 e. The molecule has 2 heterocycles. The van der Waals surface area contributed by atoms with Crippen LogP contribution in [0.15, 0.2) is 119 Å². The van der Waals surface area contributed by atoms with Crippen LogP contribution in [0.2, 0.25) is 0 Å². The second-order valence-electron chi connectivity index (χ2n) is 24.4. The predicted octanol–water partition coefficient (Wildman–Crippen LogP) is 4.87. The molecule has 0 saturated carbocycles. The maximum Gasteiger partial charge on any atom is 0.243 e. The fraction of sp³-hybridized carbons (Fsp3) is 0.441. The maximum atomic E-state index is 13.6. The molecule has 2 unspecified atom stereocenters. The molecule has 0 aliphatic rings. The van der Waals surface area contributed by atoms with Gasteiger partial charge in [0.2, 0.25) is 35.4 Å². The number of fused-ring (bicyclic) bond motifs is 2. The molecule has 0 fully saturated rings. The van der Waals surface area contributed by atoms with Crippen LogP contribution in [0.1, 0.15) is 137 Å². The molecule has 6 amide bonds. The monoisotopic (exact) mass is 1300 g/mol. The summed E-state index contributed by atoms with van der Waals surface area (Å²) >= 11 is 0. The van der Waals surface area contributed by atoms with Gasteiger partial charge in [-0.1, -0.05) is 64.1 Å². The average Bonchev–Trinajstić information content (AvgIpc) is 1.81. The molecule has 94 heavy (non-hydrogen) atoms. The van der Waals surface area contributed by atoms with Gasteiger partial charge in [0.25, 0.3) is 0 Å². The molecule has 0 radical (unpaired) electrons. The van der Waals surface area contributed by atoms with Crippen molar-refractivity contribution >= 4 is 80.7 Å². The number of primary amides is 2. The Hall–Kier alpha value is -9.56. The summed E-state index contributed by atoms with van der Waals surface area (Å²) in [7, 11) is 0. The molecule has 26 heteroatoms. The fourth-order valence-electron chi connectivity index (χ4n) is 11.0. The zero-order valence-electron chi connectivity index (χ0n) is 53.8. The number of guanidine groups is 2. The normalized spacial score (nSPS) is 13.8. The lowest BCUT2D eigenvalue weighted by atomic mass is 9.89. The minimum Gasteiger partial charge on any atom is -0.393 e. The number of ketones is 2. The van der Waals surface area contributed by atoms with Gasteiger partial charge in [0.1, 0.15) is 35.8 Å². The Labute approximate surface area is 545 Å². The van der Waals surface area contributed by atoms with Crippen molar-refractivity contribution in [3.8, 4) is 0 Å². The molecule has 6 aromatic rings. The summed E-state index contributed by atoms with van der Waals surface area (Å²) in [6.45, 7) is 8.18. The van der Waals surface area contributed by atoms with E-state index < -0.39 is 95.3 Å². The molecule has 6 rings (SSSR count). The minimum atomic E-state index is -1.05. The zero-order valence-corrected chi connectivity index (χ0v) is 53.8. The van der Waals surface area contributed by atoms with E-state index in [-0.39, 0.29) is 113 Å². The number of aliphatic hydroxyl groups is 2. The molecular formula is C68H92F2N14O10. The standard InChI is InChI=1S/2C34H46FN7O5/c2*1-20(2)16-22(17-25(43)13-14-30(44)21-9-11-24(35)12-10-21)32(46)41-28(8-5-15-39-34(37)38)33(47)42-29(31(36)45)18-23-19-40-27-7-4-3-6-26(23)27/h2*3-4,6-7,9-12,19-20,22,25,28-29,40,43H,5,8,13-18H2,1-2H3,(H2,36,45)(H,41,46)(H,42,47)(H4,37,38,39)/t22?,25-,28+,29+;22?,25-,28-,29-/m10/s1. The Balaban J connectivity index is 0.000000341. The molecule has 0 aliphatic carbocycles. The molecule has 508 valence electrons. The molecule has 0 saturated heterocycles. The van der Waals surface area contributed by atoms with Crippen LogP contribution in [0, 0.1) is 35.3 Å². The van der Waals surface area contributed by atoms with Crippen LogP contribution < -0.4 is 55.7 Å². The van der Waals surface area contributed by atoms with Crippen molar-refractivity contribution in [2.24, 2.45) is 68.1 Å². The molecule has 8 atom stereocenters. The third kappa shape index (κ3) is 25.5. The lowest BCUT2D eigenvalue weighted by Gasteiger charge is -2.26. The molecule has 4 aromatic carbocycles. The van der Waals surface area contributed by atoms with Gasteiger partial charge in [0.15, 0.2) is 23.5 Å². The first-order chi connectivity index (χ1) is 44.7. The first-order valence-electron chi connectivity index (χ1n) is 31.6. The van der Waals surface area contributed by atoms with Crippen molar-refractivity contribution in [3.63, 3.8) is 0 Å². The highest BCUT2D eigenvalue weighted by Gasteiger charge is 2.33. The average molecular weight is 1300 g/mol. The fourth-order valence-corrected chi connectivity index (χ4v) is 11.0. The number of carbonyl (C=O) groups excluding carboxylic acids is 8. The van der Waals surface area contributed by atoms with E-state index in [1.807, 2.05) is 76.2 Å². The Bertz CT molecular complexity index is 3300. The number of aromatic amines is 2. The number of H-pyrrole nitrogens is 2. The lowest BCUT2D eigenvalue weighted by molar-refractivity contribution is -0.133. The number of aliphatic hydroxyl groups excluding tert-OH is 2. The van der Waals surface area contributed by atoms with Crippen LogP contribution in [-0.4, -0.2) is 129 Å². The second-order valence-corrected chi connectivity index (χ2v) is 24.4. The van der Waals surface area contributed by atoms with E-state index in [1.165, 1.54) is 48.5 Å². The summed E-state index contributed by atoms with van der Waals surface area (Å²) in [6.07, 6.45) is 4.08. The van der Waals surface area contributed by atoms with Crippen molar-refractivity contribution in [2.75, 3.05) is 13.1 Å². The highest BCUT2D eigenvalue weighted by molar-refractivity contribution is 5.97. The van der Waals surface area contributed by atoms with Crippen molar-refractivity contribution in [2.45, 2.75) is 154 Å². The third-order valence-electron chi connectivity index (χ3n) is 15.8. The SMILES string of the molecule is CC(C)CC(C[C@@H](O)CCC(=O)c1ccc(F)cc1)C(=O)N[C@@H](CCCN=C(N)N)C(=O)N[C@@H](Cc1c[nH]c2ccccc12)C(N)=O.CC(C)CC(C[C@H](O)CCC(=O)c1ccc(F)cc1)C(=O)N[C@@H](CCCN=C(N)N)C(=O)N[C@@H](Cc1c[nH]c2ccccc12)C(N)=O. The number of nitrogens with two attached hydrogens (primary N) is 6. The zero-order chi connectivity index (χ0) is 69.0. The minimum absolute atomic E-state index is 0.0174. The molecule has 0 spiro atoms. The van der Waals surface area contributed by atoms with Gasteiger partial charge in [-0.15, -0.1) is 0 Å². The quantitative estimate of drug-likeness (QED) is 0.0106. The van der Waals surface area contributed by atoms with E-state index in [4.69, 9.17) is 34.4 Å². The van der Waals surface area contributed by atoms with Gasteiger partial charge >= 0.3 is 0 Å². The Morgan fingerprint density at radius 1 is 0.457 bits per heavy atom. The third-order valence-corrected chi connectivity index (χ3v) is 15.8. The van der Waals surface area contributed by atoms with Crippen LogP contribution in [0.25, 0.3) is 21.8 Å². The van der Waals surface area contributed by atoms with Gasteiger partial charge in [-0.25, -0.2) is 8.78 Å². The van der Waals surface area contributed by atoms with Crippen molar-refractivity contribution in [1.29, 1.82) is 0 Å². The van der Waals surface area contributed by atoms with E-state index in [0.717, 1.165) is 32.9 Å². The number of hydrogen-bond acceptors (Lipinski definition) is 12. The number of rotatable bonds is 38. The van der Waals surface area contributed by atoms with Crippen LogP contribution in [0.3, 0.4) is 0 Å². The molecule has 0 aliphatic heterocycles. The van der Waals surface area contributed by atoms with E-state index in [0.29, 0.717) is 36.8 Å². The van der Waals surface area contributed by atoms with Crippen LogP contribution in [0.5, 0.6) is 0 Å². The predicted molar refractivity (Wildman–Crippen MR) is 357 cm³/mol. The Kier molecular flexibility index (Phi) is 30.2. The highest BCUT2D eigenvalue weighted by Crippen LogP contribution is 2.25. The maximum absolute atomic E-state index is 13.6. The van der Waals surface area contributed by atoms with Crippen LogP contribution in [-0.2, 0) is 41.6 Å². The number of hydrogen-bond donors (Lipinski definition) is 14. The van der Waals surface area contributed by atoms with Gasteiger partial charge in [-0.05, 0) is 148 Å². The van der Waals surface area contributed by atoms with Crippen molar-refractivity contribution < 1.29 is 57.4 Å². The first-order valence-corrected chi connectivity index (χ1v) is 31.6. The van der Waals surface area contributed by atoms with E-state index in [9.17, 15) is 57.4 Å². The molecule has 2 aromatic heterocycles. The summed E-state index contributed by atoms with van der Waals surface area (Å²) in [5.41, 5.74) is 37.1. The second kappa shape index (κ2) is 37.8. The summed E-state index contributed by atoms with van der Waals surface area (Å²) in [6, 6.07) is 21.2. The van der Waals surface area contributed by atoms with Crippen molar-refractivity contribution in [3.05, 3.63) is 143 Å². The number of halogens is 2. The van der Waals surface area contributed by atoms with E-state index in [1.54, 1.807) is 12.4 Å². The van der Waals surface area contributed by atoms with Crippen LogP contribution in [0.4, 0.5) is 8.78 Å². The van der Waals surface area contributed by atoms with Crippen LogP contribution >= 0.6 is 0 Å². The summed E-state index contributed by atoms with van der Waals surface area (Å²) < 4.78 is 26.4. The van der Waals surface area contributed by atoms with Gasteiger partial charge < -0.3 is 75.9 Å². The number of Topliss-reactive ketones (excluding diaryl/α,β-unsaturated/α-hetero) is 2. The number of aliphatic imine (C=N–C) groups is 2. The van der Waals surface area contributed by atoms with Gasteiger partial charge in [-0.2, -0.15) is 0 Å². The number of nitrogens with one attached hydrogen (secondary N) is 6. The Morgan fingerprint density at radius 3 is 1.13 bits per heavy atom. The van der Waals surface area contributed by atoms with Gasteiger partial charge in [0.05, 0.1) is 12.2 Å². The number of carbonyl (C=O) groups is 8. The summed E-state index contributed by atoms with van der Waals surface area (Å²) in [5.74, 6) is -6.33. The van der Waals surface area contributed by atoms with E-state index in [2.05, 4.69) is 41.2 Å². The smallest absolute Gasteiger partial charge is 0.243 e. The summed E-state index contributed by atoms with van der Waals surface area (Å²) in [4.78, 5) is 118. The van der Waals surface area contributed by atoms with Crippen molar-refractivity contribution in [1.82, 2.24) is 31.2 Å². The lowest BCUT2D eigenvalue weighted by Crippen LogP contribution is -2.54. The topological polar surface area (TPSA) is 438 Å². The number of nitrogens with zero attached hydrogens (tertiary/aromatic N) is 2. The highest BCUT2D eigenvalue weighted by atomic mass is 19.1. The molecule has 0 bridgehead atoms. The summed E-state index contributed by atoms with van der Waals surface area (Å²) in [5, 5.41) is 34.4. The number of benzene rings is 4. The molecule has 20 N–H and O–H groups in total. The van der Waals surface area contributed by atoms with E-state index >= 15 is 0 Å². The van der Waals surface area contributed by atoms with Gasteiger partial charge in [0, 0.05) is 95.9 Å². The molecular weight excluding hydrogens is 1210 g/mol. The number of para-hydroxylation sites is 2. The van der Waals surface area contributed by atoms with Gasteiger partial charge in [-0.3, -0.25) is 48.3 Å². The number of amides is 6.